The van der Waals surface area contributed by atoms with Crippen LogP contribution in [0.3, 0.4) is 0 Å². The lowest BCUT2D eigenvalue weighted by Crippen LogP contribution is -2.50. The van der Waals surface area contributed by atoms with Crippen LogP contribution in [-0.2, 0) is 4.74 Å². The number of hydrogen-bond acceptors (Lipinski definition) is 4. The number of hydrogen-bond donors (Lipinski definition) is 0. The summed E-state index contributed by atoms with van der Waals surface area (Å²) in [7, 11) is 0. The van der Waals surface area contributed by atoms with E-state index >= 15 is 0 Å². The number of carbonyl (C=O) groups excluding carboxylic acids is 1. The highest BCUT2D eigenvalue weighted by molar-refractivity contribution is 5.95. The molecule has 29 heavy (non-hydrogen) atoms. The summed E-state index contributed by atoms with van der Waals surface area (Å²) < 4.78 is 5.48. The summed E-state index contributed by atoms with van der Waals surface area (Å²) in [5.74, 6) is 0. The number of amides is 1. The molecule has 1 aliphatic rings. The first-order chi connectivity index (χ1) is 13.9. The second kappa shape index (κ2) is 7.74. The molecule has 3 aromatic rings. The fraction of sp³-hybridized carbons (Fsp3) is 0.333. The number of aromatic nitrogens is 1. The summed E-state index contributed by atoms with van der Waals surface area (Å²) in [5.41, 5.74) is 3.01. The van der Waals surface area contributed by atoms with Gasteiger partial charge in [0, 0.05) is 55.2 Å². The van der Waals surface area contributed by atoms with E-state index in [9.17, 15) is 4.79 Å². The number of pyridine rings is 1. The van der Waals surface area contributed by atoms with Crippen LogP contribution >= 0.6 is 0 Å². The van der Waals surface area contributed by atoms with Crippen molar-refractivity contribution in [3.05, 3.63) is 60.9 Å². The van der Waals surface area contributed by atoms with Gasteiger partial charge in [-0.05, 0) is 43.9 Å². The van der Waals surface area contributed by atoms with Crippen molar-refractivity contribution in [2.24, 2.45) is 0 Å². The van der Waals surface area contributed by atoms with Crippen LogP contribution < -0.4 is 4.90 Å². The Bertz CT molecular complexity index is 995. The zero-order valence-electron chi connectivity index (χ0n) is 17.3. The van der Waals surface area contributed by atoms with Crippen molar-refractivity contribution in [2.75, 3.05) is 31.1 Å². The van der Waals surface area contributed by atoms with Crippen molar-refractivity contribution in [1.29, 1.82) is 0 Å². The summed E-state index contributed by atoms with van der Waals surface area (Å²) in [4.78, 5) is 20.7. The number of benzene rings is 2. The molecule has 0 unspecified atom stereocenters. The Balaban J connectivity index is 1.45. The van der Waals surface area contributed by atoms with E-state index in [1.165, 1.54) is 11.1 Å². The van der Waals surface area contributed by atoms with E-state index in [0.717, 1.165) is 29.6 Å². The Morgan fingerprint density at radius 3 is 2.31 bits per heavy atom. The number of rotatable bonds is 2. The maximum atomic E-state index is 12.2. The molecule has 0 radical (unpaired) electrons. The van der Waals surface area contributed by atoms with E-state index < -0.39 is 5.60 Å². The molecule has 0 spiro atoms. The molecule has 2 heterocycles. The molecule has 1 aromatic heterocycles. The van der Waals surface area contributed by atoms with Gasteiger partial charge in [-0.25, -0.2) is 4.79 Å². The first-order valence-electron chi connectivity index (χ1n) is 10.1. The van der Waals surface area contributed by atoms with E-state index in [4.69, 9.17) is 4.74 Å². The third-order valence-corrected chi connectivity index (χ3v) is 5.14. The van der Waals surface area contributed by atoms with Gasteiger partial charge in [0.2, 0.25) is 0 Å². The van der Waals surface area contributed by atoms with Crippen LogP contribution in [0.25, 0.3) is 21.9 Å². The van der Waals surface area contributed by atoms with Gasteiger partial charge in [-0.2, -0.15) is 0 Å². The van der Waals surface area contributed by atoms with Gasteiger partial charge in [0.25, 0.3) is 0 Å². The lowest BCUT2D eigenvalue weighted by molar-refractivity contribution is 0.0240. The van der Waals surface area contributed by atoms with Crippen molar-refractivity contribution < 1.29 is 9.53 Å². The molecular weight excluding hydrogens is 362 g/mol. The average molecular weight is 389 g/mol. The van der Waals surface area contributed by atoms with Gasteiger partial charge >= 0.3 is 6.09 Å². The van der Waals surface area contributed by atoms with Crippen LogP contribution in [0.5, 0.6) is 0 Å². The SMILES string of the molecule is CC(C)(C)OC(=O)N1CCN(c2ccc(-c3cncc4ccccc34)cc2)CC1. The summed E-state index contributed by atoms with van der Waals surface area (Å²) in [6.07, 6.45) is 3.60. The fourth-order valence-corrected chi connectivity index (χ4v) is 3.67. The third-order valence-electron chi connectivity index (χ3n) is 5.14. The Morgan fingerprint density at radius 2 is 1.62 bits per heavy atom. The molecule has 0 bridgehead atoms. The highest BCUT2D eigenvalue weighted by Crippen LogP contribution is 2.29. The number of piperazine rings is 1. The summed E-state index contributed by atoms with van der Waals surface area (Å²) >= 11 is 0. The minimum atomic E-state index is -0.458. The molecule has 1 fully saturated rings. The Morgan fingerprint density at radius 1 is 0.931 bits per heavy atom. The highest BCUT2D eigenvalue weighted by Gasteiger charge is 2.25. The molecule has 150 valence electrons. The molecule has 2 aromatic carbocycles. The van der Waals surface area contributed by atoms with Crippen molar-refractivity contribution in [3.8, 4) is 11.1 Å². The first-order valence-corrected chi connectivity index (χ1v) is 10.1. The van der Waals surface area contributed by atoms with Crippen LogP contribution in [0, 0.1) is 0 Å². The molecule has 5 nitrogen and oxygen atoms in total. The molecule has 0 atom stereocenters. The molecule has 1 amide bonds. The quantitative estimate of drug-likeness (QED) is 0.621. The number of anilines is 1. The molecular formula is C24H27N3O2. The van der Waals surface area contributed by atoms with E-state index in [0.29, 0.717) is 13.1 Å². The van der Waals surface area contributed by atoms with Gasteiger partial charge < -0.3 is 14.5 Å². The third kappa shape index (κ3) is 4.34. The van der Waals surface area contributed by atoms with Gasteiger partial charge in [0.05, 0.1) is 0 Å². The van der Waals surface area contributed by atoms with Gasteiger partial charge in [-0.15, -0.1) is 0 Å². The van der Waals surface area contributed by atoms with E-state index in [2.05, 4.69) is 52.3 Å². The highest BCUT2D eigenvalue weighted by atomic mass is 16.6. The largest absolute Gasteiger partial charge is 0.444 e. The number of ether oxygens (including phenoxy) is 1. The van der Waals surface area contributed by atoms with Crippen LogP contribution in [-0.4, -0.2) is 47.8 Å². The Kier molecular flexibility index (Phi) is 5.14. The average Bonchev–Trinajstić information content (AvgIpc) is 2.72. The van der Waals surface area contributed by atoms with Gasteiger partial charge in [0.1, 0.15) is 5.60 Å². The lowest BCUT2D eigenvalue weighted by Gasteiger charge is -2.36. The second-order valence-electron chi connectivity index (χ2n) is 8.41. The molecule has 1 saturated heterocycles. The van der Waals surface area contributed by atoms with Gasteiger partial charge in [0.15, 0.2) is 0 Å². The van der Waals surface area contributed by atoms with Gasteiger partial charge in [-0.1, -0.05) is 36.4 Å². The van der Waals surface area contributed by atoms with Crippen LogP contribution in [0.1, 0.15) is 20.8 Å². The van der Waals surface area contributed by atoms with Crippen molar-refractivity contribution in [2.45, 2.75) is 26.4 Å². The molecule has 0 aliphatic carbocycles. The van der Waals surface area contributed by atoms with Crippen LogP contribution in [0.4, 0.5) is 10.5 Å². The maximum Gasteiger partial charge on any atom is 0.410 e. The van der Waals surface area contributed by atoms with Crippen LogP contribution in [0.15, 0.2) is 60.9 Å². The minimum absolute atomic E-state index is 0.226. The first kappa shape index (κ1) is 19.2. The van der Waals surface area contributed by atoms with Crippen LogP contribution in [0.2, 0.25) is 0 Å². The van der Waals surface area contributed by atoms with Crippen molar-refractivity contribution in [1.82, 2.24) is 9.88 Å². The summed E-state index contributed by atoms with van der Waals surface area (Å²) in [6.45, 7) is 8.63. The molecule has 1 aliphatic heterocycles. The standard InChI is InChI=1S/C24H27N3O2/c1-24(2,3)29-23(28)27-14-12-26(13-15-27)20-10-8-18(9-11-20)22-17-25-16-19-6-4-5-7-21(19)22/h4-11,16-17H,12-15H2,1-3H3. The molecule has 0 N–H and O–H groups in total. The van der Waals surface area contributed by atoms with Crippen molar-refractivity contribution >= 4 is 22.6 Å². The van der Waals surface area contributed by atoms with E-state index in [-0.39, 0.29) is 6.09 Å². The van der Waals surface area contributed by atoms with Crippen molar-refractivity contribution in [3.63, 3.8) is 0 Å². The number of nitrogens with zero attached hydrogens (tertiary/aromatic N) is 3. The monoisotopic (exact) mass is 389 g/mol. The number of carbonyl (C=O) groups is 1. The smallest absolute Gasteiger partial charge is 0.410 e. The maximum absolute atomic E-state index is 12.2. The molecule has 0 saturated carbocycles. The summed E-state index contributed by atoms with van der Waals surface area (Å²) in [5, 5.41) is 2.36. The second-order valence-corrected chi connectivity index (χ2v) is 8.41. The normalized spacial score (nSPS) is 14.9. The topological polar surface area (TPSA) is 45.7 Å². The molecule has 4 rings (SSSR count). The molecule has 5 heteroatoms. The fourth-order valence-electron chi connectivity index (χ4n) is 3.67. The summed E-state index contributed by atoms with van der Waals surface area (Å²) in [6, 6.07) is 16.9. The Hall–Kier alpha value is -3.08. The Labute approximate surface area is 171 Å². The predicted molar refractivity (Wildman–Crippen MR) is 117 cm³/mol. The lowest BCUT2D eigenvalue weighted by atomic mass is 10.0. The predicted octanol–water partition coefficient (Wildman–Crippen LogP) is 4.96. The number of fused-ring (bicyclic) bond motifs is 1. The van der Waals surface area contributed by atoms with E-state index in [1.807, 2.05) is 39.2 Å². The van der Waals surface area contributed by atoms with E-state index in [1.54, 1.807) is 4.90 Å². The minimum Gasteiger partial charge on any atom is -0.444 e. The van der Waals surface area contributed by atoms with Gasteiger partial charge in [-0.3, -0.25) is 4.98 Å². The zero-order chi connectivity index (χ0) is 20.4. The zero-order valence-corrected chi connectivity index (χ0v) is 17.3.